The van der Waals surface area contributed by atoms with Crippen molar-refractivity contribution in [1.82, 2.24) is 10.6 Å². The van der Waals surface area contributed by atoms with E-state index in [0.29, 0.717) is 0 Å². The number of unbranched alkanes of at least 4 members (excludes halogenated alkanes) is 12. The summed E-state index contributed by atoms with van der Waals surface area (Å²) in [6, 6.07) is -0.0388. The first kappa shape index (κ1) is 22.2. The van der Waals surface area contributed by atoms with Gasteiger partial charge in [0, 0.05) is 19.7 Å². The molecule has 0 aliphatic rings. The number of nitrogens with one attached hydrogen (secondary N) is 2. The van der Waals surface area contributed by atoms with Gasteiger partial charge in [0.15, 0.2) is 0 Å². The summed E-state index contributed by atoms with van der Waals surface area (Å²) in [5.41, 5.74) is 0. The number of aliphatic hydroxyl groups excluding tert-OH is 1. The van der Waals surface area contributed by atoms with Crippen LogP contribution in [0.2, 0.25) is 0 Å². The van der Waals surface area contributed by atoms with Crippen molar-refractivity contribution in [2.75, 3.05) is 19.7 Å². The molecule has 0 heterocycles. The second-order valence-electron chi connectivity index (χ2n) is 6.50. The van der Waals surface area contributed by atoms with E-state index >= 15 is 0 Å². The minimum atomic E-state index is -0.0388. The Morgan fingerprint density at radius 2 is 1.04 bits per heavy atom. The maximum absolute atomic E-state index is 11.5. The number of amides is 2. The molecule has 4 nitrogen and oxygen atoms in total. The molecule has 0 aromatic carbocycles. The van der Waals surface area contributed by atoms with Crippen LogP contribution in [0.4, 0.5) is 4.79 Å². The molecule has 0 aliphatic heterocycles. The van der Waals surface area contributed by atoms with E-state index in [1.54, 1.807) is 0 Å². The van der Waals surface area contributed by atoms with Gasteiger partial charge in [0.25, 0.3) is 0 Å². The van der Waals surface area contributed by atoms with Gasteiger partial charge in [-0.3, -0.25) is 0 Å². The number of hydrogen-bond acceptors (Lipinski definition) is 2. The summed E-state index contributed by atoms with van der Waals surface area (Å²) < 4.78 is 0. The third kappa shape index (κ3) is 19.2. The van der Waals surface area contributed by atoms with Gasteiger partial charge in [0.2, 0.25) is 0 Å². The zero-order valence-corrected chi connectivity index (χ0v) is 15.4. The van der Waals surface area contributed by atoms with Crippen LogP contribution in [0.25, 0.3) is 0 Å². The van der Waals surface area contributed by atoms with Gasteiger partial charge < -0.3 is 15.7 Å². The number of urea groups is 1. The van der Waals surface area contributed by atoms with E-state index in [4.69, 9.17) is 5.11 Å². The normalized spacial score (nSPS) is 10.7. The van der Waals surface area contributed by atoms with Crippen LogP contribution in [-0.4, -0.2) is 30.8 Å². The fourth-order valence-electron chi connectivity index (χ4n) is 2.67. The number of carbonyl (C=O) groups excluding carboxylic acids is 1. The Kier molecular flexibility index (Phi) is 18.6. The smallest absolute Gasteiger partial charge is 0.314 e. The topological polar surface area (TPSA) is 61.4 Å². The molecule has 0 bridgehead atoms. The molecule has 0 atom stereocenters. The molecule has 2 amide bonds. The van der Waals surface area contributed by atoms with Gasteiger partial charge in [-0.05, 0) is 19.3 Å². The molecule has 3 N–H and O–H groups in total. The molecule has 0 aromatic heterocycles. The molecule has 0 spiro atoms. The Morgan fingerprint density at radius 3 is 1.48 bits per heavy atom. The summed E-state index contributed by atoms with van der Waals surface area (Å²) in [7, 11) is 0. The van der Waals surface area contributed by atoms with Crippen LogP contribution in [0.3, 0.4) is 0 Å². The van der Waals surface area contributed by atoms with Gasteiger partial charge in [-0.25, -0.2) is 4.79 Å². The minimum absolute atomic E-state index is 0.0388. The van der Waals surface area contributed by atoms with Gasteiger partial charge in [-0.1, -0.05) is 77.6 Å². The monoisotopic (exact) mass is 328 g/mol. The van der Waals surface area contributed by atoms with E-state index in [9.17, 15) is 4.79 Å². The lowest BCUT2D eigenvalue weighted by molar-refractivity contribution is 0.240. The molecule has 0 aromatic rings. The summed E-state index contributed by atoms with van der Waals surface area (Å²) in [6.07, 6.45) is 17.2. The highest BCUT2D eigenvalue weighted by molar-refractivity contribution is 5.73. The average molecular weight is 329 g/mol. The Morgan fingerprint density at radius 1 is 0.652 bits per heavy atom. The lowest BCUT2D eigenvalue weighted by Crippen LogP contribution is -2.36. The van der Waals surface area contributed by atoms with Gasteiger partial charge in [0.1, 0.15) is 0 Å². The van der Waals surface area contributed by atoms with E-state index < -0.39 is 0 Å². The van der Waals surface area contributed by atoms with E-state index in [0.717, 1.165) is 45.2 Å². The number of rotatable bonds is 17. The lowest BCUT2D eigenvalue weighted by atomic mass is 10.1. The molecular formula is C19H40N2O2. The molecule has 0 saturated carbocycles. The second kappa shape index (κ2) is 19.3. The standard InChI is InChI=1S/C19H40N2O2/c1-2-3-4-5-6-7-8-9-10-13-16-20-19(23)21-17-14-11-12-15-18-22/h22H,2-18H2,1H3,(H2,20,21,23). The zero-order chi connectivity index (χ0) is 17.0. The van der Waals surface area contributed by atoms with Crippen molar-refractivity contribution in [1.29, 1.82) is 0 Å². The van der Waals surface area contributed by atoms with Crippen molar-refractivity contribution in [3.63, 3.8) is 0 Å². The first-order chi connectivity index (χ1) is 11.3. The maximum Gasteiger partial charge on any atom is 0.314 e. The Labute approximate surface area is 143 Å². The maximum atomic E-state index is 11.5. The number of hydrogen-bond donors (Lipinski definition) is 3. The SMILES string of the molecule is CCCCCCCCCCCCNC(=O)NCCCCCCO. The van der Waals surface area contributed by atoms with Crippen molar-refractivity contribution < 1.29 is 9.90 Å². The molecule has 0 saturated heterocycles. The average Bonchev–Trinajstić information content (AvgIpc) is 2.56. The number of carbonyl (C=O) groups is 1. The third-order valence-electron chi connectivity index (χ3n) is 4.19. The summed E-state index contributed by atoms with van der Waals surface area (Å²) in [5, 5.41) is 14.5. The van der Waals surface area contributed by atoms with E-state index in [1.165, 1.54) is 57.8 Å². The van der Waals surface area contributed by atoms with Crippen LogP contribution in [0.1, 0.15) is 96.8 Å². The number of aliphatic hydroxyl groups is 1. The summed E-state index contributed by atoms with van der Waals surface area (Å²) in [4.78, 5) is 11.5. The van der Waals surface area contributed by atoms with Crippen molar-refractivity contribution in [2.45, 2.75) is 96.8 Å². The Hall–Kier alpha value is -0.770. The van der Waals surface area contributed by atoms with Crippen molar-refractivity contribution in [2.24, 2.45) is 0 Å². The van der Waals surface area contributed by atoms with Crippen LogP contribution >= 0.6 is 0 Å². The molecule has 23 heavy (non-hydrogen) atoms. The first-order valence-corrected chi connectivity index (χ1v) is 9.93. The summed E-state index contributed by atoms with van der Waals surface area (Å²) in [5.74, 6) is 0. The highest BCUT2D eigenvalue weighted by Gasteiger charge is 1.98. The lowest BCUT2D eigenvalue weighted by Gasteiger charge is -2.07. The van der Waals surface area contributed by atoms with Gasteiger partial charge in [-0.2, -0.15) is 0 Å². The van der Waals surface area contributed by atoms with Crippen molar-refractivity contribution >= 4 is 6.03 Å². The molecule has 0 rings (SSSR count). The third-order valence-corrected chi connectivity index (χ3v) is 4.19. The molecule has 0 aliphatic carbocycles. The van der Waals surface area contributed by atoms with Crippen LogP contribution in [0.5, 0.6) is 0 Å². The molecule has 138 valence electrons. The Balaban J connectivity index is 3.11. The highest BCUT2D eigenvalue weighted by Crippen LogP contribution is 2.10. The Bertz CT molecular complexity index is 248. The van der Waals surface area contributed by atoms with Gasteiger partial charge in [-0.15, -0.1) is 0 Å². The van der Waals surface area contributed by atoms with E-state index in [1.807, 2.05) is 0 Å². The summed E-state index contributed by atoms with van der Waals surface area (Å²) >= 11 is 0. The van der Waals surface area contributed by atoms with Gasteiger partial charge >= 0.3 is 6.03 Å². The predicted octanol–water partition coefficient (Wildman–Crippen LogP) is 4.76. The fourth-order valence-corrected chi connectivity index (χ4v) is 2.67. The molecular weight excluding hydrogens is 288 g/mol. The van der Waals surface area contributed by atoms with Crippen LogP contribution < -0.4 is 10.6 Å². The second-order valence-corrected chi connectivity index (χ2v) is 6.50. The highest BCUT2D eigenvalue weighted by atomic mass is 16.2. The summed E-state index contributed by atoms with van der Waals surface area (Å²) in [6.45, 7) is 4.04. The van der Waals surface area contributed by atoms with Crippen LogP contribution in [-0.2, 0) is 0 Å². The largest absolute Gasteiger partial charge is 0.396 e. The van der Waals surface area contributed by atoms with E-state index in [2.05, 4.69) is 17.6 Å². The van der Waals surface area contributed by atoms with Gasteiger partial charge in [0.05, 0.1) is 0 Å². The van der Waals surface area contributed by atoms with Crippen LogP contribution in [0.15, 0.2) is 0 Å². The van der Waals surface area contributed by atoms with E-state index in [-0.39, 0.29) is 12.6 Å². The zero-order valence-electron chi connectivity index (χ0n) is 15.4. The van der Waals surface area contributed by atoms with Crippen molar-refractivity contribution in [3.8, 4) is 0 Å². The quantitative estimate of drug-likeness (QED) is 0.337. The van der Waals surface area contributed by atoms with Crippen LogP contribution in [0, 0.1) is 0 Å². The minimum Gasteiger partial charge on any atom is -0.396 e. The molecule has 0 radical (unpaired) electrons. The fraction of sp³-hybridized carbons (Fsp3) is 0.947. The predicted molar refractivity (Wildman–Crippen MR) is 98.8 cm³/mol. The molecule has 0 fully saturated rings. The van der Waals surface area contributed by atoms with Crippen molar-refractivity contribution in [3.05, 3.63) is 0 Å². The molecule has 0 unspecified atom stereocenters. The molecule has 4 heteroatoms. The first-order valence-electron chi connectivity index (χ1n) is 9.93.